The first-order valence-corrected chi connectivity index (χ1v) is 12.9. The summed E-state index contributed by atoms with van der Waals surface area (Å²) in [7, 11) is 0. The SMILES string of the molecule is CCCNC(=O)[C@@H]1Cc2cc3c(cc2CN1[C@@H](CC)c1ccccc1)O[C@@H](c1ccc(O)cc1)CO3. The van der Waals surface area contributed by atoms with Crippen molar-refractivity contribution in [2.75, 3.05) is 13.2 Å². The van der Waals surface area contributed by atoms with Crippen LogP contribution in [0.2, 0.25) is 0 Å². The van der Waals surface area contributed by atoms with Gasteiger partial charge in [0.05, 0.1) is 6.04 Å². The van der Waals surface area contributed by atoms with Crippen LogP contribution in [0, 0.1) is 0 Å². The minimum absolute atomic E-state index is 0.0826. The number of nitrogens with zero attached hydrogens (tertiary/aromatic N) is 1. The first-order valence-electron chi connectivity index (χ1n) is 12.9. The zero-order valence-corrected chi connectivity index (χ0v) is 20.9. The monoisotopic (exact) mass is 486 g/mol. The third-order valence-corrected chi connectivity index (χ3v) is 7.18. The Balaban J connectivity index is 1.46. The van der Waals surface area contributed by atoms with Gasteiger partial charge in [-0.2, -0.15) is 0 Å². The number of carbonyl (C=O) groups is 1. The van der Waals surface area contributed by atoms with Crippen LogP contribution in [0.4, 0.5) is 0 Å². The molecule has 3 atom stereocenters. The molecule has 2 aliphatic heterocycles. The number of phenolic OH excluding ortho intramolecular Hbond substituents is 1. The molecule has 5 rings (SSSR count). The lowest BCUT2D eigenvalue weighted by Gasteiger charge is -2.41. The van der Waals surface area contributed by atoms with E-state index >= 15 is 0 Å². The van der Waals surface area contributed by atoms with E-state index in [1.807, 2.05) is 18.2 Å². The molecule has 3 aromatic carbocycles. The average Bonchev–Trinajstić information content (AvgIpc) is 2.91. The number of ether oxygens (including phenoxy) is 2. The molecule has 2 aliphatic rings. The highest BCUT2D eigenvalue weighted by atomic mass is 16.6. The highest BCUT2D eigenvalue weighted by Crippen LogP contribution is 2.42. The summed E-state index contributed by atoms with van der Waals surface area (Å²) in [6, 6.07) is 21.5. The van der Waals surface area contributed by atoms with Gasteiger partial charge >= 0.3 is 0 Å². The summed E-state index contributed by atoms with van der Waals surface area (Å²) >= 11 is 0. The van der Waals surface area contributed by atoms with Gasteiger partial charge in [-0.15, -0.1) is 0 Å². The van der Waals surface area contributed by atoms with E-state index in [9.17, 15) is 9.90 Å². The molecule has 0 spiro atoms. The summed E-state index contributed by atoms with van der Waals surface area (Å²) in [5.74, 6) is 1.75. The topological polar surface area (TPSA) is 71.0 Å². The summed E-state index contributed by atoms with van der Waals surface area (Å²) in [6.07, 6.45) is 2.21. The first-order chi connectivity index (χ1) is 17.6. The standard InChI is InChI=1S/C30H34N2O4/c1-3-14-31-30(34)26-15-22-16-27-28(36-29(19-35-27)21-10-12-24(33)13-11-21)17-23(22)18-32(26)25(4-2)20-8-6-5-7-9-20/h5-13,16-17,25-26,29,33H,3-4,14-15,18-19H2,1-2H3,(H,31,34)/t25-,26-,29+/m0/s1. The molecule has 6 heteroatoms. The minimum Gasteiger partial charge on any atom is -0.508 e. The highest BCUT2D eigenvalue weighted by Gasteiger charge is 2.37. The molecule has 0 aliphatic carbocycles. The number of benzene rings is 3. The fourth-order valence-corrected chi connectivity index (χ4v) is 5.30. The van der Waals surface area contributed by atoms with Crippen molar-refractivity contribution in [3.63, 3.8) is 0 Å². The molecule has 0 bridgehead atoms. The van der Waals surface area contributed by atoms with Crippen LogP contribution in [0.3, 0.4) is 0 Å². The molecule has 0 radical (unpaired) electrons. The van der Waals surface area contributed by atoms with Crippen molar-refractivity contribution in [3.8, 4) is 17.2 Å². The van der Waals surface area contributed by atoms with Crippen LogP contribution >= 0.6 is 0 Å². The van der Waals surface area contributed by atoms with Crippen LogP contribution in [-0.4, -0.2) is 35.1 Å². The Morgan fingerprint density at radius 2 is 1.81 bits per heavy atom. The number of carbonyl (C=O) groups excluding carboxylic acids is 1. The maximum absolute atomic E-state index is 13.3. The maximum atomic E-state index is 13.3. The predicted molar refractivity (Wildman–Crippen MR) is 139 cm³/mol. The number of rotatable bonds is 7. The molecule has 3 aromatic rings. The van der Waals surface area contributed by atoms with Gasteiger partial charge in [0.2, 0.25) is 5.91 Å². The number of hydrogen-bond acceptors (Lipinski definition) is 5. The lowest BCUT2D eigenvalue weighted by Crippen LogP contribution is -2.51. The van der Waals surface area contributed by atoms with Crippen LogP contribution < -0.4 is 14.8 Å². The summed E-state index contributed by atoms with van der Waals surface area (Å²) in [6.45, 7) is 5.99. The van der Waals surface area contributed by atoms with Crippen molar-refractivity contribution in [2.24, 2.45) is 0 Å². The normalized spacial score (nSPS) is 19.8. The number of phenols is 1. The summed E-state index contributed by atoms with van der Waals surface area (Å²) in [4.78, 5) is 15.7. The zero-order chi connectivity index (χ0) is 25.1. The van der Waals surface area contributed by atoms with E-state index in [1.165, 1.54) is 5.56 Å². The molecular formula is C30H34N2O4. The van der Waals surface area contributed by atoms with Gasteiger partial charge in [0, 0.05) is 19.1 Å². The Bertz CT molecular complexity index is 1200. The highest BCUT2D eigenvalue weighted by molar-refractivity contribution is 5.82. The van der Waals surface area contributed by atoms with Crippen LogP contribution in [0.1, 0.15) is 61.1 Å². The lowest BCUT2D eigenvalue weighted by atomic mass is 9.89. The van der Waals surface area contributed by atoms with Gasteiger partial charge in [-0.3, -0.25) is 9.69 Å². The van der Waals surface area contributed by atoms with Crippen molar-refractivity contribution < 1.29 is 19.4 Å². The van der Waals surface area contributed by atoms with Crippen molar-refractivity contribution in [2.45, 2.75) is 57.8 Å². The number of aromatic hydroxyl groups is 1. The van der Waals surface area contributed by atoms with Crippen LogP contribution in [0.25, 0.3) is 0 Å². The molecule has 2 N–H and O–H groups in total. The van der Waals surface area contributed by atoms with E-state index < -0.39 is 0 Å². The first kappa shape index (κ1) is 24.2. The van der Waals surface area contributed by atoms with Crippen LogP contribution in [0.15, 0.2) is 66.7 Å². The molecule has 36 heavy (non-hydrogen) atoms. The lowest BCUT2D eigenvalue weighted by molar-refractivity contribution is -0.128. The third kappa shape index (κ3) is 4.91. The van der Waals surface area contributed by atoms with Crippen molar-refractivity contribution in [1.82, 2.24) is 10.2 Å². The van der Waals surface area contributed by atoms with E-state index in [4.69, 9.17) is 9.47 Å². The Kier molecular flexibility index (Phi) is 7.14. The second-order valence-corrected chi connectivity index (χ2v) is 9.59. The molecule has 0 saturated heterocycles. The van der Waals surface area contributed by atoms with Gasteiger partial charge in [-0.1, -0.05) is 56.3 Å². The largest absolute Gasteiger partial charge is 0.508 e. The van der Waals surface area contributed by atoms with Crippen molar-refractivity contribution in [1.29, 1.82) is 0 Å². The second kappa shape index (κ2) is 10.6. The molecule has 0 fully saturated rings. The van der Waals surface area contributed by atoms with Gasteiger partial charge in [0.1, 0.15) is 12.4 Å². The Morgan fingerprint density at radius 3 is 2.53 bits per heavy atom. The summed E-state index contributed by atoms with van der Waals surface area (Å²) in [5, 5.41) is 12.7. The molecule has 188 valence electrons. The van der Waals surface area contributed by atoms with Gasteiger partial charge in [-0.25, -0.2) is 0 Å². The number of amides is 1. The molecule has 1 amide bonds. The fraction of sp³-hybridized carbons (Fsp3) is 0.367. The van der Waals surface area contributed by atoms with Crippen molar-refractivity contribution >= 4 is 5.91 Å². The Labute approximate surface area is 212 Å². The molecule has 6 nitrogen and oxygen atoms in total. The molecular weight excluding hydrogens is 452 g/mol. The van der Waals surface area contributed by atoms with E-state index in [0.29, 0.717) is 26.1 Å². The number of hydrogen-bond donors (Lipinski definition) is 2. The van der Waals surface area contributed by atoms with Crippen LogP contribution in [0.5, 0.6) is 17.2 Å². The average molecular weight is 487 g/mol. The van der Waals surface area contributed by atoms with E-state index in [-0.39, 0.29) is 29.8 Å². The van der Waals surface area contributed by atoms with Crippen LogP contribution in [-0.2, 0) is 17.8 Å². The number of nitrogens with one attached hydrogen (secondary N) is 1. The van der Waals surface area contributed by atoms with Gasteiger partial charge < -0.3 is 19.9 Å². The quantitative estimate of drug-likeness (QED) is 0.474. The van der Waals surface area contributed by atoms with Gasteiger partial charge in [0.25, 0.3) is 0 Å². The summed E-state index contributed by atoms with van der Waals surface area (Å²) < 4.78 is 12.5. The summed E-state index contributed by atoms with van der Waals surface area (Å²) in [5.41, 5.74) is 4.48. The molecule has 0 saturated carbocycles. The van der Waals surface area contributed by atoms with Gasteiger partial charge in [0.15, 0.2) is 17.6 Å². The smallest absolute Gasteiger partial charge is 0.237 e. The predicted octanol–water partition coefficient (Wildman–Crippen LogP) is 5.31. The van der Waals surface area contributed by atoms with E-state index in [1.54, 1.807) is 12.1 Å². The minimum atomic E-state index is -0.249. The number of fused-ring (bicyclic) bond motifs is 2. The second-order valence-electron chi connectivity index (χ2n) is 9.59. The zero-order valence-electron chi connectivity index (χ0n) is 20.9. The molecule has 0 aromatic heterocycles. The van der Waals surface area contributed by atoms with E-state index in [0.717, 1.165) is 41.0 Å². The van der Waals surface area contributed by atoms with E-state index in [2.05, 4.69) is 60.5 Å². The third-order valence-electron chi connectivity index (χ3n) is 7.18. The van der Waals surface area contributed by atoms with Gasteiger partial charge in [-0.05, 0) is 65.8 Å². The molecule has 0 unspecified atom stereocenters. The maximum Gasteiger partial charge on any atom is 0.237 e. The molecule has 2 heterocycles. The fourth-order valence-electron chi connectivity index (χ4n) is 5.30. The van der Waals surface area contributed by atoms with Crippen molar-refractivity contribution in [3.05, 3.63) is 89.0 Å². The Morgan fingerprint density at radius 1 is 1.06 bits per heavy atom. The Hall–Kier alpha value is -3.51.